The SMILES string of the molecule is CCOc1ccc(C=CC(=O)c2ccc(C)c(C)c2)cc1. The topological polar surface area (TPSA) is 26.3 Å². The smallest absolute Gasteiger partial charge is 0.185 e. The van der Waals surface area contributed by atoms with E-state index in [9.17, 15) is 4.79 Å². The van der Waals surface area contributed by atoms with Gasteiger partial charge in [0.1, 0.15) is 5.75 Å². The largest absolute Gasteiger partial charge is 0.494 e. The third-order valence-corrected chi connectivity index (χ3v) is 3.41. The molecule has 2 aromatic rings. The first-order chi connectivity index (χ1) is 10.1. The molecule has 2 aromatic carbocycles. The molecule has 0 bridgehead atoms. The second-order valence-corrected chi connectivity index (χ2v) is 5.00. The van der Waals surface area contributed by atoms with Gasteiger partial charge < -0.3 is 4.74 Å². The molecule has 2 rings (SSSR count). The van der Waals surface area contributed by atoms with E-state index in [4.69, 9.17) is 4.74 Å². The molecule has 108 valence electrons. The van der Waals surface area contributed by atoms with Gasteiger partial charge in [-0.2, -0.15) is 0 Å². The highest BCUT2D eigenvalue weighted by molar-refractivity contribution is 6.06. The van der Waals surface area contributed by atoms with E-state index in [0.29, 0.717) is 6.61 Å². The van der Waals surface area contributed by atoms with Crippen LogP contribution in [-0.2, 0) is 0 Å². The van der Waals surface area contributed by atoms with Gasteiger partial charge in [0.25, 0.3) is 0 Å². The average molecular weight is 280 g/mol. The molecule has 0 aromatic heterocycles. The molecule has 0 radical (unpaired) electrons. The van der Waals surface area contributed by atoms with E-state index in [1.165, 1.54) is 5.56 Å². The first-order valence-corrected chi connectivity index (χ1v) is 7.12. The number of allylic oxidation sites excluding steroid dienone is 1. The molecule has 0 aliphatic carbocycles. The third kappa shape index (κ3) is 4.06. The van der Waals surface area contributed by atoms with Crippen molar-refractivity contribution in [2.75, 3.05) is 6.61 Å². The number of ketones is 1. The summed E-state index contributed by atoms with van der Waals surface area (Å²) in [5, 5.41) is 0. The molecular formula is C19H20O2. The molecule has 0 saturated heterocycles. The lowest BCUT2D eigenvalue weighted by atomic mass is 10.0. The maximum absolute atomic E-state index is 12.1. The summed E-state index contributed by atoms with van der Waals surface area (Å²) in [6, 6.07) is 13.5. The van der Waals surface area contributed by atoms with E-state index < -0.39 is 0 Å². The van der Waals surface area contributed by atoms with Crippen molar-refractivity contribution in [2.45, 2.75) is 20.8 Å². The summed E-state index contributed by atoms with van der Waals surface area (Å²) >= 11 is 0. The van der Waals surface area contributed by atoms with E-state index >= 15 is 0 Å². The summed E-state index contributed by atoms with van der Waals surface area (Å²) in [6.07, 6.45) is 3.44. The van der Waals surface area contributed by atoms with Gasteiger partial charge in [-0.25, -0.2) is 0 Å². The second-order valence-electron chi connectivity index (χ2n) is 5.00. The highest BCUT2D eigenvalue weighted by Gasteiger charge is 2.03. The van der Waals surface area contributed by atoms with E-state index in [0.717, 1.165) is 22.4 Å². The summed E-state index contributed by atoms with van der Waals surface area (Å²) in [5.74, 6) is 0.863. The first kappa shape index (κ1) is 15.0. The van der Waals surface area contributed by atoms with Crippen molar-refractivity contribution in [3.8, 4) is 5.75 Å². The molecule has 0 amide bonds. The fraction of sp³-hybridized carbons (Fsp3) is 0.211. The van der Waals surface area contributed by atoms with Crippen LogP contribution in [0, 0.1) is 13.8 Å². The molecule has 2 heteroatoms. The van der Waals surface area contributed by atoms with Crippen LogP contribution in [0.5, 0.6) is 5.75 Å². The Morgan fingerprint density at radius 2 is 1.76 bits per heavy atom. The Morgan fingerprint density at radius 1 is 1.05 bits per heavy atom. The zero-order valence-electron chi connectivity index (χ0n) is 12.7. The van der Waals surface area contributed by atoms with Gasteiger partial charge in [-0.15, -0.1) is 0 Å². The fourth-order valence-electron chi connectivity index (χ4n) is 2.00. The molecule has 0 N–H and O–H groups in total. The maximum Gasteiger partial charge on any atom is 0.185 e. The van der Waals surface area contributed by atoms with Crippen LogP contribution in [-0.4, -0.2) is 12.4 Å². The second kappa shape index (κ2) is 6.89. The Labute approximate surface area is 126 Å². The molecule has 0 fully saturated rings. The summed E-state index contributed by atoms with van der Waals surface area (Å²) in [5.41, 5.74) is 4.04. The minimum atomic E-state index is 0.0204. The molecule has 2 nitrogen and oxygen atoms in total. The van der Waals surface area contributed by atoms with Crippen LogP contribution in [0.1, 0.15) is 34.0 Å². The van der Waals surface area contributed by atoms with Gasteiger partial charge in [0.15, 0.2) is 5.78 Å². The quantitative estimate of drug-likeness (QED) is 0.591. The van der Waals surface area contributed by atoms with Crippen molar-refractivity contribution in [3.63, 3.8) is 0 Å². The van der Waals surface area contributed by atoms with Crippen molar-refractivity contribution >= 4 is 11.9 Å². The van der Waals surface area contributed by atoms with Crippen LogP contribution in [0.4, 0.5) is 0 Å². The molecule has 0 spiro atoms. The highest BCUT2D eigenvalue weighted by atomic mass is 16.5. The van der Waals surface area contributed by atoms with E-state index in [-0.39, 0.29) is 5.78 Å². The fourth-order valence-corrected chi connectivity index (χ4v) is 2.00. The standard InChI is InChI=1S/C19H20O2/c1-4-21-18-10-6-16(7-11-18)8-12-19(20)17-9-5-14(2)15(3)13-17/h5-13H,4H2,1-3H3. The molecular weight excluding hydrogens is 260 g/mol. The third-order valence-electron chi connectivity index (χ3n) is 3.41. The Morgan fingerprint density at radius 3 is 2.38 bits per heavy atom. The summed E-state index contributed by atoms with van der Waals surface area (Å²) in [6.45, 7) is 6.66. The van der Waals surface area contributed by atoms with Crippen LogP contribution in [0.3, 0.4) is 0 Å². The highest BCUT2D eigenvalue weighted by Crippen LogP contribution is 2.14. The number of carbonyl (C=O) groups excluding carboxylic acids is 1. The Balaban J connectivity index is 2.09. The van der Waals surface area contributed by atoms with Crippen molar-refractivity contribution in [1.29, 1.82) is 0 Å². The van der Waals surface area contributed by atoms with Crippen molar-refractivity contribution in [3.05, 3.63) is 70.8 Å². The number of carbonyl (C=O) groups is 1. The lowest BCUT2D eigenvalue weighted by molar-refractivity contribution is 0.104. The van der Waals surface area contributed by atoms with Crippen molar-refractivity contribution in [2.24, 2.45) is 0 Å². The Kier molecular flexibility index (Phi) is 4.94. The lowest BCUT2D eigenvalue weighted by Gasteiger charge is -2.03. The minimum absolute atomic E-state index is 0.0204. The van der Waals surface area contributed by atoms with Crippen LogP contribution in [0.25, 0.3) is 6.08 Å². The van der Waals surface area contributed by atoms with Crippen LogP contribution in [0.2, 0.25) is 0 Å². The van der Waals surface area contributed by atoms with Gasteiger partial charge in [0, 0.05) is 5.56 Å². The maximum atomic E-state index is 12.1. The normalized spacial score (nSPS) is 10.8. The number of aryl methyl sites for hydroxylation is 2. The van der Waals surface area contributed by atoms with E-state index in [2.05, 4.69) is 0 Å². The number of hydrogen-bond donors (Lipinski definition) is 0. The van der Waals surface area contributed by atoms with Crippen LogP contribution >= 0.6 is 0 Å². The van der Waals surface area contributed by atoms with Crippen molar-refractivity contribution in [1.82, 2.24) is 0 Å². The summed E-state index contributed by atoms with van der Waals surface area (Å²) < 4.78 is 5.39. The predicted molar refractivity (Wildman–Crippen MR) is 86.9 cm³/mol. The van der Waals surface area contributed by atoms with E-state index in [1.54, 1.807) is 6.08 Å². The Hall–Kier alpha value is -2.35. The average Bonchev–Trinajstić information content (AvgIpc) is 2.49. The predicted octanol–water partition coefficient (Wildman–Crippen LogP) is 4.60. The van der Waals surface area contributed by atoms with Crippen LogP contribution < -0.4 is 4.74 Å². The van der Waals surface area contributed by atoms with E-state index in [1.807, 2.05) is 69.3 Å². The monoisotopic (exact) mass is 280 g/mol. The molecule has 0 atom stereocenters. The lowest BCUT2D eigenvalue weighted by Crippen LogP contribution is -1.95. The minimum Gasteiger partial charge on any atom is -0.494 e. The van der Waals surface area contributed by atoms with Gasteiger partial charge >= 0.3 is 0 Å². The van der Waals surface area contributed by atoms with Gasteiger partial charge in [-0.3, -0.25) is 4.79 Å². The molecule has 0 heterocycles. The number of hydrogen-bond acceptors (Lipinski definition) is 2. The summed E-state index contributed by atoms with van der Waals surface area (Å²) in [4.78, 5) is 12.1. The Bertz CT molecular complexity index is 652. The molecule has 0 aliphatic rings. The van der Waals surface area contributed by atoms with Gasteiger partial charge in [0.05, 0.1) is 6.61 Å². The zero-order valence-corrected chi connectivity index (χ0v) is 12.7. The van der Waals surface area contributed by atoms with Crippen LogP contribution in [0.15, 0.2) is 48.5 Å². The first-order valence-electron chi connectivity index (χ1n) is 7.12. The number of benzene rings is 2. The summed E-state index contributed by atoms with van der Waals surface area (Å²) in [7, 11) is 0. The van der Waals surface area contributed by atoms with Gasteiger partial charge in [0.2, 0.25) is 0 Å². The van der Waals surface area contributed by atoms with Crippen molar-refractivity contribution < 1.29 is 9.53 Å². The number of ether oxygens (including phenoxy) is 1. The zero-order chi connectivity index (χ0) is 15.2. The molecule has 0 saturated carbocycles. The van der Waals surface area contributed by atoms with Gasteiger partial charge in [-0.1, -0.05) is 30.3 Å². The molecule has 0 aliphatic heterocycles. The van der Waals surface area contributed by atoms with Gasteiger partial charge in [-0.05, 0) is 61.7 Å². The molecule has 0 unspecified atom stereocenters. The molecule has 21 heavy (non-hydrogen) atoms. The number of rotatable bonds is 5.